The number of aromatic nitrogens is 4. The number of nitrogens with zero attached hydrogens (tertiary/aromatic N) is 4. The van der Waals surface area contributed by atoms with E-state index in [1.54, 1.807) is 24.3 Å². The van der Waals surface area contributed by atoms with Gasteiger partial charge < -0.3 is 8.98 Å². The molecule has 0 spiro atoms. The first-order valence-corrected chi connectivity index (χ1v) is 17.8. The molecule has 0 atom stereocenters. The van der Waals surface area contributed by atoms with E-state index in [2.05, 4.69) is 0 Å². The van der Waals surface area contributed by atoms with Crippen molar-refractivity contribution < 1.29 is 20.9 Å². The van der Waals surface area contributed by atoms with E-state index < -0.39 is 78.2 Å². The zero-order valence-corrected chi connectivity index (χ0v) is 29.2. The monoisotopic (exact) mass is 728 g/mol. The van der Waals surface area contributed by atoms with Gasteiger partial charge in [0.1, 0.15) is 11.2 Å². The first-order valence-electron chi connectivity index (χ1n) is 23.8. The summed E-state index contributed by atoms with van der Waals surface area (Å²) in [4.78, 5) is 14.8. The van der Waals surface area contributed by atoms with Crippen LogP contribution in [0.3, 0.4) is 0 Å². The third kappa shape index (κ3) is 5.37. The summed E-state index contributed by atoms with van der Waals surface area (Å²) in [6.45, 7) is 0. The lowest BCUT2D eigenvalue weighted by molar-refractivity contribution is 0.669. The molecule has 3 aromatic heterocycles. The van der Waals surface area contributed by atoms with Crippen molar-refractivity contribution in [2.24, 2.45) is 0 Å². The van der Waals surface area contributed by atoms with Crippen molar-refractivity contribution in [3.8, 4) is 62.1 Å². The molecule has 0 aliphatic rings. The lowest BCUT2D eigenvalue weighted by atomic mass is 9.97. The fourth-order valence-electron chi connectivity index (χ4n) is 7.24. The average Bonchev–Trinajstić information content (AvgIpc) is 3.92. The maximum atomic E-state index is 9.26. The molecule has 0 fully saturated rings. The molecule has 56 heavy (non-hydrogen) atoms. The largest absolute Gasteiger partial charge is 0.456 e. The Morgan fingerprint density at radius 1 is 0.411 bits per heavy atom. The average molecular weight is 729 g/mol. The standard InChI is InChI=1S/C51H32N4O/c1-3-13-35(14-4-1)49-52-50(54-51(53-49)38-29-30-43-42-20-8-10-24-46(42)56-47(43)32-38)37-16-11-15-36(31-37)33-25-27-34(28-26-33)40-21-12-22-44-41-19-7-9-23-45(41)55(48(40)44)39-17-5-2-6-18-39/h1-32H/i2D,5D,6D,7D,9D,12D,17D,18D,19D,21D,22D,23D. The zero-order chi connectivity index (χ0) is 47.4. The normalized spacial score (nSPS) is 14.6. The van der Waals surface area contributed by atoms with Crippen LogP contribution in [0.1, 0.15) is 16.4 Å². The summed E-state index contributed by atoms with van der Waals surface area (Å²) >= 11 is 0. The van der Waals surface area contributed by atoms with E-state index >= 15 is 0 Å². The molecule has 11 aromatic rings. The van der Waals surface area contributed by atoms with Crippen LogP contribution in [-0.2, 0) is 0 Å². The van der Waals surface area contributed by atoms with Gasteiger partial charge in [0.15, 0.2) is 17.5 Å². The van der Waals surface area contributed by atoms with Gasteiger partial charge in [-0.1, -0.05) is 151 Å². The van der Waals surface area contributed by atoms with Gasteiger partial charge in [0.2, 0.25) is 0 Å². The third-order valence-electron chi connectivity index (χ3n) is 9.86. The van der Waals surface area contributed by atoms with Gasteiger partial charge in [-0.2, -0.15) is 0 Å². The minimum absolute atomic E-state index is 0.0214. The van der Waals surface area contributed by atoms with Crippen molar-refractivity contribution in [2.75, 3.05) is 0 Å². The lowest BCUT2D eigenvalue weighted by Gasteiger charge is -2.12. The summed E-state index contributed by atoms with van der Waals surface area (Å²) in [6.07, 6.45) is 0. The van der Waals surface area contributed by atoms with Gasteiger partial charge in [0.05, 0.1) is 27.5 Å². The zero-order valence-electron chi connectivity index (χ0n) is 41.2. The Hall–Kier alpha value is -7.63. The third-order valence-corrected chi connectivity index (χ3v) is 9.86. The summed E-state index contributed by atoms with van der Waals surface area (Å²) in [5.74, 6) is 1.35. The molecule has 5 nitrogen and oxygen atoms in total. The van der Waals surface area contributed by atoms with E-state index in [0.29, 0.717) is 34.2 Å². The van der Waals surface area contributed by atoms with Crippen LogP contribution in [0.2, 0.25) is 0 Å². The van der Waals surface area contributed by atoms with Crippen molar-refractivity contribution >= 4 is 43.7 Å². The molecule has 262 valence electrons. The summed E-state index contributed by atoms with van der Waals surface area (Å²) in [7, 11) is 0. The highest BCUT2D eigenvalue weighted by Gasteiger charge is 2.18. The molecule has 8 aromatic carbocycles. The fraction of sp³-hybridized carbons (Fsp3) is 0. The molecule has 0 saturated heterocycles. The molecule has 5 heteroatoms. The number of rotatable bonds is 6. The molecule has 0 bridgehead atoms. The first-order chi connectivity index (χ1) is 32.7. The van der Waals surface area contributed by atoms with E-state index in [9.17, 15) is 1.37 Å². The Kier molecular flexibility index (Phi) is 5.10. The van der Waals surface area contributed by atoms with Crippen LogP contribution in [0.4, 0.5) is 0 Å². The Balaban J connectivity index is 1.07. The highest BCUT2D eigenvalue weighted by molar-refractivity contribution is 6.14. The Morgan fingerprint density at radius 2 is 1.04 bits per heavy atom. The summed E-state index contributed by atoms with van der Waals surface area (Å²) in [6, 6.07) is 30.7. The van der Waals surface area contributed by atoms with Crippen molar-refractivity contribution in [1.29, 1.82) is 0 Å². The van der Waals surface area contributed by atoms with Crippen LogP contribution in [0.15, 0.2) is 198 Å². The number of hydrogen-bond acceptors (Lipinski definition) is 4. The highest BCUT2D eigenvalue weighted by atomic mass is 16.3. The second-order valence-electron chi connectivity index (χ2n) is 13.1. The second kappa shape index (κ2) is 13.0. The molecule has 0 radical (unpaired) electrons. The van der Waals surface area contributed by atoms with Crippen LogP contribution in [-0.4, -0.2) is 19.5 Å². The minimum Gasteiger partial charge on any atom is -0.456 e. The molecule has 11 rings (SSSR count). The Bertz CT molecular complexity index is 3920. The highest BCUT2D eigenvalue weighted by Crippen LogP contribution is 2.39. The van der Waals surface area contributed by atoms with Crippen LogP contribution in [0.25, 0.3) is 106 Å². The second-order valence-corrected chi connectivity index (χ2v) is 13.1. The van der Waals surface area contributed by atoms with Crippen LogP contribution < -0.4 is 0 Å². The van der Waals surface area contributed by atoms with Crippen LogP contribution in [0.5, 0.6) is 0 Å². The minimum atomic E-state index is -0.687. The number of fused-ring (bicyclic) bond motifs is 6. The SMILES string of the molecule is [2H]c1c([2H])c([2H])c(-n2c3c([2H])c([2H])c([2H])c([2H])c3c3c([2H])c([2H])c([2H])c(-c4ccc(-c5cccc(-c6nc(-c7ccccc7)nc(-c7ccc8c(c7)oc7ccccc78)n6)c5)cc4)c32)c([2H])c1[2H]. The number of hydrogen-bond donors (Lipinski definition) is 0. The van der Waals surface area contributed by atoms with Gasteiger partial charge in [-0.05, 0) is 59.1 Å². The quantitative estimate of drug-likeness (QED) is 0.171. The van der Waals surface area contributed by atoms with Crippen molar-refractivity contribution in [1.82, 2.24) is 19.5 Å². The first kappa shape index (κ1) is 21.9. The Labute approximate surface area is 339 Å². The predicted octanol–water partition coefficient (Wildman–Crippen LogP) is 13.2. The molecule has 0 N–H and O–H groups in total. The predicted molar refractivity (Wildman–Crippen MR) is 229 cm³/mol. The molecule has 0 aliphatic carbocycles. The van der Waals surface area contributed by atoms with E-state index in [4.69, 9.17) is 34.4 Å². The van der Waals surface area contributed by atoms with E-state index in [-0.39, 0.29) is 27.4 Å². The summed E-state index contributed by atoms with van der Waals surface area (Å²) in [5.41, 5.74) is 4.82. The van der Waals surface area contributed by atoms with Gasteiger partial charge in [0.25, 0.3) is 0 Å². The number of benzene rings is 8. The molecule has 0 unspecified atom stereocenters. The van der Waals surface area contributed by atoms with E-state index in [1.807, 2.05) is 97.1 Å². The topological polar surface area (TPSA) is 56.7 Å². The smallest absolute Gasteiger partial charge is 0.164 e. The number of furan rings is 1. The number of para-hydroxylation sites is 4. The molecular weight excluding hydrogens is 685 g/mol. The molecule has 0 amide bonds. The maximum absolute atomic E-state index is 9.26. The van der Waals surface area contributed by atoms with Gasteiger partial charge in [0, 0.05) is 49.5 Å². The maximum Gasteiger partial charge on any atom is 0.164 e. The molecule has 0 aliphatic heterocycles. The molecule has 3 heterocycles. The van der Waals surface area contributed by atoms with Crippen molar-refractivity contribution in [3.05, 3.63) is 194 Å². The lowest BCUT2D eigenvalue weighted by Crippen LogP contribution is -2.00. The van der Waals surface area contributed by atoms with Gasteiger partial charge in [-0.15, -0.1) is 0 Å². The van der Waals surface area contributed by atoms with Crippen molar-refractivity contribution in [3.63, 3.8) is 0 Å². The van der Waals surface area contributed by atoms with Gasteiger partial charge >= 0.3 is 0 Å². The van der Waals surface area contributed by atoms with Crippen LogP contribution in [0, 0.1) is 0 Å². The van der Waals surface area contributed by atoms with Gasteiger partial charge in [-0.25, -0.2) is 15.0 Å². The van der Waals surface area contributed by atoms with E-state index in [0.717, 1.165) is 43.2 Å². The summed E-state index contributed by atoms with van der Waals surface area (Å²) in [5, 5.41) is 1.67. The molecular formula is C51H32N4O. The fourth-order valence-corrected chi connectivity index (χ4v) is 7.24. The van der Waals surface area contributed by atoms with E-state index in [1.165, 1.54) is 0 Å². The Morgan fingerprint density at radius 3 is 1.88 bits per heavy atom. The van der Waals surface area contributed by atoms with Gasteiger partial charge in [-0.3, -0.25) is 0 Å². The summed E-state index contributed by atoms with van der Waals surface area (Å²) < 4.78 is 113. The molecule has 0 saturated carbocycles. The van der Waals surface area contributed by atoms with Crippen LogP contribution >= 0.6 is 0 Å². The van der Waals surface area contributed by atoms with Crippen molar-refractivity contribution in [2.45, 2.75) is 0 Å².